The van der Waals surface area contributed by atoms with Gasteiger partial charge in [-0.3, -0.25) is 0 Å². The largest absolute Gasteiger partial charge is 0.238 e. The van der Waals surface area contributed by atoms with E-state index in [1.54, 1.807) is 6.92 Å². The number of halogens is 2. The maximum Gasteiger partial charge on any atom is 0.238 e. The van der Waals surface area contributed by atoms with Crippen molar-refractivity contribution in [2.75, 3.05) is 0 Å². The van der Waals surface area contributed by atoms with Crippen LogP contribution in [0.25, 0.3) is 0 Å². The molecule has 0 rings (SSSR count). The Morgan fingerprint density at radius 3 is 2.00 bits per heavy atom. The third kappa shape index (κ3) is 3.86. The number of rotatable bonds is 2. The van der Waals surface area contributed by atoms with Crippen molar-refractivity contribution in [2.24, 2.45) is 0 Å². The molecule has 0 aromatic carbocycles. The van der Waals surface area contributed by atoms with Crippen LogP contribution in [0.2, 0.25) is 0 Å². The Morgan fingerprint density at radius 1 is 1.50 bits per heavy atom. The molecule has 0 aliphatic carbocycles. The number of hydrogen-bond donors (Lipinski definition) is 0. The van der Waals surface area contributed by atoms with Gasteiger partial charge in [0.15, 0.2) is 0 Å². The highest BCUT2D eigenvalue weighted by Crippen LogP contribution is 1.99. The second-order valence-electron chi connectivity index (χ2n) is 1.18. The maximum atomic E-state index is 11.0. The highest BCUT2D eigenvalue weighted by molar-refractivity contribution is 4.32. The van der Waals surface area contributed by atoms with E-state index < -0.39 is 6.43 Å². The summed E-state index contributed by atoms with van der Waals surface area (Å²) in [6, 6.07) is 0. The fourth-order valence-electron chi connectivity index (χ4n) is 0.218. The summed E-state index contributed by atoms with van der Waals surface area (Å²) in [5.74, 6) is 0. The predicted molar refractivity (Wildman–Crippen MR) is 20.9 cm³/mol. The molecule has 0 saturated heterocycles. The van der Waals surface area contributed by atoms with Gasteiger partial charge in [-0.25, -0.2) is 8.78 Å². The maximum absolute atomic E-state index is 11.0. The van der Waals surface area contributed by atoms with Gasteiger partial charge in [0, 0.05) is 6.42 Å². The van der Waals surface area contributed by atoms with E-state index in [-0.39, 0.29) is 6.42 Å². The number of alkyl halides is 2. The lowest BCUT2D eigenvalue weighted by Gasteiger charge is -1.87. The van der Waals surface area contributed by atoms with Crippen molar-refractivity contribution < 1.29 is 8.78 Å². The van der Waals surface area contributed by atoms with Gasteiger partial charge in [-0.15, -0.1) is 0 Å². The molecular formula is C4H8F2. The average Bonchev–Trinajstić information content (AvgIpc) is 1.35. The zero-order chi connectivity index (χ0) is 4.99. The fraction of sp³-hybridized carbons (Fsp3) is 1.00. The lowest BCUT2D eigenvalue weighted by molar-refractivity contribution is 0.137. The highest BCUT2D eigenvalue weighted by Gasteiger charge is 1.95. The Bertz CT molecular complexity index is 26.7. The van der Waals surface area contributed by atoms with E-state index in [0.29, 0.717) is 6.42 Å². The molecule has 0 heterocycles. The minimum absolute atomic E-state index is 0.0417. The molecule has 0 radical (unpaired) electrons. The molecule has 0 amide bonds. The molecule has 0 atom stereocenters. The summed E-state index contributed by atoms with van der Waals surface area (Å²) in [6.45, 7) is 1.74. The van der Waals surface area contributed by atoms with Crippen molar-refractivity contribution in [1.29, 1.82) is 0 Å². The predicted octanol–water partition coefficient (Wildman–Crippen LogP) is 2.05. The summed E-state index contributed by atoms with van der Waals surface area (Å²) in [7, 11) is 0. The average molecular weight is 94.1 g/mol. The standard InChI is InChI=1S/C4H8F2/c1-2-3-4(5)6/h4H,2-3H2,1H3. The first-order valence-electron chi connectivity index (χ1n) is 2.05. The normalized spacial score (nSPS) is 10.0. The molecule has 0 aromatic rings. The van der Waals surface area contributed by atoms with Gasteiger partial charge in [0.2, 0.25) is 6.43 Å². The van der Waals surface area contributed by atoms with E-state index >= 15 is 0 Å². The molecule has 2 heteroatoms. The lowest BCUT2D eigenvalue weighted by atomic mass is 10.4. The number of hydrogen-bond acceptors (Lipinski definition) is 0. The molecule has 0 fully saturated rings. The first-order chi connectivity index (χ1) is 2.77. The lowest BCUT2D eigenvalue weighted by Crippen LogP contribution is -1.85. The smallest absolute Gasteiger partial charge is 0.211 e. The second kappa shape index (κ2) is 3.07. The third-order valence-electron chi connectivity index (χ3n) is 0.507. The van der Waals surface area contributed by atoms with Gasteiger partial charge in [0.1, 0.15) is 0 Å². The molecule has 0 bridgehead atoms. The second-order valence-corrected chi connectivity index (χ2v) is 1.18. The first kappa shape index (κ1) is 5.86. The molecule has 0 N–H and O–H groups in total. The summed E-state index contributed by atoms with van der Waals surface area (Å²) in [4.78, 5) is 0. The molecular weight excluding hydrogens is 86.0 g/mol. The van der Waals surface area contributed by atoms with Crippen LogP contribution in [0.4, 0.5) is 8.78 Å². The van der Waals surface area contributed by atoms with Crippen LogP contribution in [-0.2, 0) is 0 Å². The van der Waals surface area contributed by atoms with E-state index in [9.17, 15) is 8.78 Å². The van der Waals surface area contributed by atoms with Crippen molar-refractivity contribution >= 4 is 0 Å². The van der Waals surface area contributed by atoms with Crippen LogP contribution in [0.15, 0.2) is 0 Å². The topological polar surface area (TPSA) is 0 Å². The molecule has 38 valence electrons. The molecule has 0 saturated carbocycles. The summed E-state index contributed by atoms with van der Waals surface area (Å²) >= 11 is 0. The summed E-state index contributed by atoms with van der Waals surface area (Å²) < 4.78 is 22.1. The Morgan fingerprint density at radius 2 is 2.00 bits per heavy atom. The summed E-state index contributed by atoms with van der Waals surface area (Å²) in [5, 5.41) is 0. The van der Waals surface area contributed by atoms with Crippen molar-refractivity contribution in [3.05, 3.63) is 0 Å². The van der Waals surface area contributed by atoms with Crippen molar-refractivity contribution in [1.82, 2.24) is 0 Å². The Balaban J connectivity index is 2.63. The Labute approximate surface area is 36.2 Å². The van der Waals surface area contributed by atoms with E-state index in [4.69, 9.17) is 0 Å². The zero-order valence-corrected chi connectivity index (χ0v) is 3.75. The van der Waals surface area contributed by atoms with Crippen LogP contribution >= 0.6 is 0 Å². The molecule has 6 heavy (non-hydrogen) atoms. The first-order valence-corrected chi connectivity index (χ1v) is 2.05. The van der Waals surface area contributed by atoms with Gasteiger partial charge in [0.05, 0.1) is 0 Å². The van der Waals surface area contributed by atoms with E-state index in [1.807, 2.05) is 0 Å². The van der Waals surface area contributed by atoms with Gasteiger partial charge in [-0.2, -0.15) is 0 Å². The molecule has 0 aromatic heterocycles. The van der Waals surface area contributed by atoms with Gasteiger partial charge in [0.25, 0.3) is 0 Å². The van der Waals surface area contributed by atoms with Gasteiger partial charge in [-0.05, 0) is 0 Å². The van der Waals surface area contributed by atoms with Gasteiger partial charge >= 0.3 is 0 Å². The highest BCUT2D eigenvalue weighted by atomic mass is 19.3. The quantitative estimate of drug-likeness (QED) is 0.491. The fourth-order valence-corrected chi connectivity index (χ4v) is 0.218. The van der Waals surface area contributed by atoms with E-state index in [0.717, 1.165) is 0 Å². The van der Waals surface area contributed by atoms with Crippen LogP contribution in [0.5, 0.6) is 0 Å². The molecule has 0 unspecified atom stereocenters. The van der Waals surface area contributed by atoms with Crippen LogP contribution in [0, 0.1) is 0 Å². The molecule has 0 nitrogen and oxygen atoms in total. The molecule has 0 aliphatic heterocycles. The minimum Gasteiger partial charge on any atom is -0.211 e. The zero-order valence-electron chi connectivity index (χ0n) is 3.75. The van der Waals surface area contributed by atoms with Gasteiger partial charge in [-0.1, -0.05) is 13.3 Å². The Kier molecular flexibility index (Phi) is 2.99. The summed E-state index contributed by atoms with van der Waals surface area (Å²) in [5.41, 5.74) is 0. The summed E-state index contributed by atoms with van der Waals surface area (Å²) in [6.07, 6.45) is -1.48. The van der Waals surface area contributed by atoms with Crippen molar-refractivity contribution in [3.63, 3.8) is 0 Å². The molecule has 0 aliphatic rings. The SMILES string of the molecule is CCCC(F)F. The van der Waals surface area contributed by atoms with Gasteiger partial charge < -0.3 is 0 Å². The van der Waals surface area contributed by atoms with Crippen LogP contribution in [-0.4, -0.2) is 6.43 Å². The van der Waals surface area contributed by atoms with E-state index in [1.165, 1.54) is 0 Å². The third-order valence-corrected chi connectivity index (χ3v) is 0.507. The van der Waals surface area contributed by atoms with Crippen LogP contribution in [0.3, 0.4) is 0 Å². The Hall–Kier alpha value is -0.140. The monoisotopic (exact) mass is 94.1 g/mol. The van der Waals surface area contributed by atoms with E-state index in [2.05, 4.69) is 0 Å². The van der Waals surface area contributed by atoms with Crippen LogP contribution < -0.4 is 0 Å². The van der Waals surface area contributed by atoms with Crippen LogP contribution in [0.1, 0.15) is 19.8 Å². The molecule has 0 spiro atoms. The minimum atomic E-state index is -2.10. The van der Waals surface area contributed by atoms with Crippen molar-refractivity contribution in [3.8, 4) is 0 Å². The van der Waals surface area contributed by atoms with Crippen molar-refractivity contribution in [2.45, 2.75) is 26.2 Å².